The summed E-state index contributed by atoms with van der Waals surface area (Å²) < 4.78 is 28.2. The number of rotatable bonds is 4. The highest BCUT2D eigenvalue weighted by atomic mass is 79.9. The van der Waals surface area contributed by atoms with E-state index < -0.39 is 10.0 Å². The van der Waals surface area contributed by atoms with E-state index in [0.717, 1.165) is 22.6 Å². The summed E-state index contributed by atoms with van der Waals surface area (Å²) in [5.74, 6) is 0. The Balaban J connectivity index is 1.75. The molecule has 2 aromatic rings. The third-order valence-corrected chi connectivity index (χ3v) is 6.90. The largest absolute Gasteiger partial charge is 0.372 e. The SMILES string of the molecule is O=S(=O)(Nc1ccc(N2CCCC2)cc1)c1ccc(Br)s1. The smallest absolute Gasteiger partial charge is 0.271 e. The van der Waals surface area contributed by atoms with Crippen molar-refractivity contribution in [2.75, 3.05) is 22.7 Å². The first-order valence-electron chi connectivity index (χ1n) is 6.68. The Bertz CT molecular complexity index is 720. The van der Waals surface area contributed by atoms with E-state index in [4.69, 9.17) is 0 Å². The molecule has 7 heteroatoms. The standard InChI is InChI=1S/C14H15BrN2O2S2/c15-13-7-8-14(20-13)21(18,19)16-11-3-5-12(6-4-11)17-9-1-2-10-17/h3-8,16H,1-2,9-10H2. The predicted octanol–water partition coefficient (Wildman–Crippen LogP) is 3.91. The Hall–Kier alpha value is -1.05. The van der Waals surface area contributed by atoms with Crippen LogP contribution in [0, 0.1) is 0 Å². The molecule has 4 nitrogen and oxygen atoms in total. The maximum Gasteiger partial charge on any atom is 0.271 e. The molecular weight excluding hydrogens is 372 g/mol. The second kappa shape index (κ2) is 5.98. The van der Waals surface area contributed by atoms with E-state index in [0.29, 0.717) is 9.90 Å². The lowest BCUT2D eigenvalue weighted by Crippen LogP contribution is -2.17. The Morgan fingerprint density at radius 2 is 1.71 bits per heavy atom. The maximum atomic E-state index is 12.2. The number of benzene rings is 1. The van der Waals surface area contributed by atoms with E-state index in [9.17, 15) is 8.42 Å². The van der Waals surface area contributed by atoms with Gasteiger partial charge < -0.3 is 4.90 Å². The van der Waals surface area contributed by atoms with Gasteiger partial charge in [-0.05, 0) is 65.2 Å². The van der Waals surface area contributed by atoms with E-state index in [-0.39, 0.29) is 0 Å². The van der Waals surface area contributed by atoms with Crippen LogP contribution in [0.3, 0.4) is 0 Å². The number of sulfonamides is 1. The number of nitrogens with zero attached hydrogens (tertiary/aromatic N) is 1. The molecule has 1 fully saturated rings. The third kappa shape index (κ3) is 3.41. The van der Waals surface area contributed by atoms with Gasteiger partial charge in [0, 0.05) is 24.5 Å². The van der Waals surface area contributed by atoms with Crippen molar-refractivity contribution in [2.45, 2.75) is 17.1 Å². The molecule has 0 amide bonds. The van der Waals surface area contributed by atoms with E-state index in [1.54, 1.807) is 12.1 Å². The zero-order valence-electron chi connectivity index (χ0n) is 11.3. The molecule has 0 aliphatic carbocycles. The van der Waals surface area contributed by atoms with Crippen molar-refractivity contribution in [3.63, 3.8) is 0 Å². The van der Waals surface area contributed by atoms with E-state index in [2.05, 4.69) is 25.6 Å². The first kappa shape index (κ1) is 14.9. The molecule has 2 heterocycles. The van der Waals surface area contributed by atoms with Gasteiger partial charge in [-0.25, -0.2) is 8.42 Å². The van der Waals surface area contributed by atoms with Gasteiger partial charge in [-0.2, -0.15) is 0 Å². The highest BCUT2D eigenvalue weighted by molar-refractivity contribution is 9.11. The summed E-state index contributed by atoms with van der Waals surface area (Å²) in [5.41, 5.74) is 1.73. The van der Waals surface area contributed by atoms with Gasteiger partial charge in [0.2, 0.25) is 0 Å². The summed E-state index contributed by atoms with van der Waals surface area (Å²) in [5, 5.41) is 0. The average Bonchev–Trinajstić information content (AvgIpc) is 3.10. The predicted molar refractivity (Wildman–Crippen MR) is 90.7 cm³/mol. The summed E-state index contributed by atoms with van der Waals surface area (Å²) in [6.45, 7) is 2.16. The summed E-state index contributed by atoms with van der Waals surface area (Å²) in [7, 11) is -3.50. The van der Waals surface area contributed by atoms with Crippen molar-refractivity contribution in [3.8, 4) is 0 Å². The van der Waals surface area contributed by atoms with Crippen LogP contribution < -0.4 is 9.62 Å². The monoisotopic (exact) mass is 386 g/mol. The Morgan fingerprint density at radius 3 is 2.29 bits per heavy atom. The van der Waals surface area contributed by atoms with Gasteiger partial charge in [-0.1, -0.05) is 0 Å². The molecule has 1 aromatic heterocycles. The van der Waals surface area contributed by atoms with Crippen LogP contribution in [0.4, 0.5) is 11.4 Å². The molecule has 1 aliphatic rings. The first-order chi connectivity index (χ1) is 10.0. The second-order valence-corrected chi connectivity index (χ2v) is 9.28. The zero-order chi connectivity index (χ0) is 14.9. The molecule has 112 valence electrons. The van der Waals surface area contributed by atoms with Crippen LogP contribution >= 0.6 is 27.3 Å². The van der Waals surface area contributed by atoms with E-state index in [1.165, 1.54) is 24.2 Å². The minimum Gasteiger partial charge on any atom is -0.372 e. The molecule has 0 unspecified atom stereocenters. The van der Waals surface area contributed by atoms with Crippen LogP contribution in [-0.4, -0.2) is 21.5 Å². The molecule has 1 N–H and O–H groups in total. The number of hydrogen-bond acceptors (Lipinski definition) is 4. The van der Waals surface area contributed by atoms with Crippen molar-refractivity contribution < 1.29 is 8.42 Å². The molecule has 0 saturated carbocycles. The van der Waals surface area contributed by atoms with Gasteiger partial charge in [0.05, 0.1) is 3.79 Å². The first-order valence-corrected chi connectivity index (χ1v) is 9.77. The summed E-state index contributed by atoms with van der Waals surface area (Å²) in [6, 6.07) is 10.9. The zero-order valence-corrected chi connectivity index (χ0v) is 14.5. The summed E-state index contributed by atoms with van der Waals surface area (Å²) in [4.78, 5) is 2.31. The van der Waals surface area contributed by atoms with Gasteiger partial charge in [0.1, 0.15) is 4.21 Å². The summed E-state index contributed by atoms with van der Waals surface area (Å²) >= 11 is 4.47. The number of thiophene rings is 1. The molecule has 0 spiro atoms. The topological polar surface area (TPSA) is 49.4 Å². The fourth-order valence-corrected chi connectivity index (χ4v) is 5.43. The van der Waals surface area contributed by atoms with Gasteiger partial charge in [0.15, 0.2) is 0 Å². The lowest BCUT2D eigenvalue weighted by atomic mass is 10.2. The van der Waals surface area contributed by atoms with Crippen LogP contribution in [0.25, 0.3) is 0 Å². The fraction of sp³-hybridized carbons (Fsp3) is 0.286. The number of halogens is 1. The van der Waals surface area contributed by atoms with Crippen LogP contribution in [0.1, 0.15) is 12.8 Å². The number of hydrogen-bond donors (Lipinski definition) is 1. The Labute approximate surface area is 137 Å². The van der Waals surface area contributed by atoms with Crippen LogP contribution in [0.5, 0.6) is 0 Å². The van der Waals surface area contributed by atoms with Crippen LogP contribution in [0.2, 0.25) is 0 Å². The third-order valence-electron chi connectivity index (χ3n) is 3.40. The molecule has 21 heavy (non-hydrogen) atoms. The van der Waals surface area contributed by atoms with Crippen molar-refractivity contribution in [3.05, 3.63) is 40.2 Å². The highest BCUT2D eigenvalue weighted by Gasteiger charge is 2.17. The van der Waals surface area contributed by atoms with Crippen LogP contribution in [-0.2, 0) is 10.0 Å². The fourth-order valence-electron chi connectivity index (χ4n) is 2.36. The van der Waals surface area contributed by atoms with Crippen molar-refractivity contribution in [1.82, 2.24) is 0 Å². The molecule has 3 rings (SSSR count). The minimum atomic E-state index is -3.50. The average molecular weight is 387 g/mol. The van der Waals surface area contributed by atoms with E-state index in [1.807, 2.05) is 24.3 Å². The highest BCUT2D eigenvalue weighted by Crippen LogP contribution is 2.28. The molecular formula is C14H15BrN2O2S2. The van der Waals surface area contributed by atoms with Crippen molar-refractivity contribution >= 4 is 48.7 Å². The van der Waals surface area contributed by atoms with Crippen molar-refractivity contribution in [2.24, 2.45) is 0 Å². The molecule has 0 radical (unpaired) electrons. The lowest BCUT2D eigenvalue weighted by molar-refractivity contribution is 0.603. The quantitative estimate of drug-likeness (QED) is 0.866. The molecule has 0 atom stereocenters. The second-order valence-electron chi connectivity index (χ2n) is 4.91. The van der Waals surface area contributed by atoms with Gasteiger partial charge >= 0.3 is 0 Å². The minimum absolute atomic E-state index is 0.304. The summed E-state index contributed by atoms with van der Waals surface area (Å²) in [6.07, 6.45) is 2.45. The Kier molecular flexibility index (Phi) is 4.24. The molecule has 1 saturated heterocycles. The normalized spacial score (nSPS) is 15.4. The van der Waals surface area contributed by atoms with Crippen LogP contribution in [0.15, 0.2) is 44.4 Å². The molecule has 1 aromatic carbocycles. The molecule has 1 aliphatic heterocycles. The van der Waals surface area contributed by atoms with Gasteiger partial charge in [-0.3, -0.25) is 4.72 Å². The maximum absolute atomic E-state index is 12.2. The number of anilines is 2. The number of nitrogens with one attached hydrogen (secondary N) is 1. The van der Waals surface area contributed by atoms with E-state index >= 15 is 0 Å². The van der Waals surface area contributed by atoms with Crippen molar-refractivity contribution in [1.29, 1.82) is 0 Å². The van der Waals surface area contributed by atoms with Gasteiger partial charge in [0.25, 0.3) is 10.0 Å². The molecule has 0 bridgehead atoms. The van der Waals surface area contributed by atoms with Gasteiger partial charge in [-0.15, -0.1) is 11.3 Å². The Morgan fingerprint density at radius 1 is 1.05 bits per heavy atom. The lowest BCUT2D eigenvalue weighted by Gasteiger charge is -2.17.